The van der Waals surface area contributed by atoms with E-state index in [0.29, 0.717) is 23.3 Å². The maximum absolute atomic E-state index is 6.02. The van der Waals surface area contributed by atoms with E-state index in [4.69, 9.17) is 21.9 Å². The van der Waals surface area contributed by atoms with Gasteiger partial charge in [0.15, 0.2) is 0 Å². The van der Waals surface area contributed by atoms with Crippen LogP contribution in [0, 0.1) is 5.41 Å². The van der Waals surface area contributed by atoms with Gasteiger partial charge in [-0.05, 0) is 36.9 Å². The summed E-state index contributed by atoms with van der Waals surface area (Å²) in [6.45, 7) is 0.682. The minimum absolute atomic E-state index is 0.135. The predicted octanol–water partition coefficient (Wildman–Crippen LogP) is 3.84. The lowest BCUT2D eigenvalue weighted by Gasteiger charge is -2.34. The van der Waals surface area contributed by atoms with Crippen molar-refractivity contribution in [2.45, 2.75) is 38.5 Å². The number of nitrogens with zero attached hydrogens (tertiary/aromatic N) is 2. The van der Waals surface area contributed by atoms with E-state index >= 15 is 0 Å². The van der Waals surface area contributed by atoms with Gasteiger partial charge in [-0.25, -0.2) is 0 Å². The summed E-state index contributed by atoms with van der Waals surface area (Å²) in [4.78, 5) is 4.52. The molecule has 1 saturated carbocycles. The zero-order valence-electron chi connectivity index (χ0n) is 12.0. The van der Waals surface area contributed by atoms with Crippen molar-refractivity contribution in [1.29, 1.82) is 0 Å². The summed E-state index contributed by atoms with van der Waals surface area (Å²) in [7, 11) is 0. The van der Waals surface area contributed by atoms with Crippen LogP contribution in [-0.4, -0.2) is 16.7 Å². The van der Waals surface area contributed by atoms with Gasteiger partial charge in [0.05, 0.1) is 0 Å². The number of hydrogen-bond donors (Lipinski definition) is 1. The zero-order valence-corrected chi connectivity index (χ0v) is 12.8. The molecule has 1 aromatic heterocycles. The van der Waals surface area contributed by atoms with Crippen LogP contribution in [0.5, 0.6) is 0 Å². The van der Waals surface area contributed by atoms with Gasteiger partial charge in [-0.15, -0.1) is 0 Å². The molecule has 1 aromatic carbocycles. The number of halogens is 1. The highest BCUT2D eigenvalue weighted by Gasteiger charge is 2.33. The molecule has 0 amide bonds. The third-order valence-electron chi connectivity index (χ3n) is 4.42. The first-order valence-corrected chi connectivity index (χ1v) is 7.87. The highest BCUT2D eigenvalue weighted by Crippen LogP contribution is 2.38. The smallest absolute Gasteiger partial charge is 0.227 e. The van der Waals surface area contributed by atoms with Gasteiger partial charge in [0, 0.05) is 17.0 Å². The SMILES string of the molecule is NCC1(Cc2nc(-c3cccc(Cl)c3)no2)CCCCC1. The monoisotopic (exact) mass is 305 g/mol. The first-order chi connectivity index (χ1) is 10.2. The molecule has 4 nitrogen and oxygen atoms in total. The highest BCUT2D eigenvalue weighted by atomic mass is 35.5. The van der Waals surface area contributed by atoms with Crippen LogP contribution >= 0.6 is 11.6 Å². The van der Waals surface area contributed by atoms with Crippen molar-refractivity contribution in [1.82, 2.24) is 10.1 Å². The molecule has 0 radical (unpaired) electrons. The standard InChI is InChI=1S/C16H20ClN3O/c17-13-6-4-5-12(9-13)15-19-14(21-20-15)10-16(11-18)7-2-1-3-8-16/h4-6,9H,1-3,7-8,10-11,18H2. The molecule has 0 saturated heterocycles. The molecule has 1 fully saturated rings. The molecule has 1 aliphatic carbocycles. The summed E-state index contributed by atoms with van der Waals surface area (Å²) < 4.78 is 5.43. The van der Waals surface area contributed by atoms with Crippen molar-refractivity contribution in [3.05, 3.63) is 35.2 Å². The molecule has 2 aromatic rings. The molecule has 0 spiro atoms. The molecule has 0 atom stereocenters. The Hall–Kier alpha value is -1.39. The molecular weight excluding hydrogens is 286 g/mol. The zero-order chi connectivity index (χ0) is 14.7. The Morgan fingerprint density at radius 1 is 1.24 bits per heavy atom. The molecule has 2 N–H and O–H groups in total. The van der Waals surface area contributed by atoms with E-state index in [1.165, 1.54) is 19.3 Å². The Balaban J connectivity index is 1.78. The lowest BCUT2D eigenvalue weighted by molar-refractivity contribution is 0.177. The minimum Gasteiger partial charge on any atom is -0.339 e. The van der Waals surface area contributed by atoms with E-state index in [2.05, 4.69) is 10.1 Å². The molecule has 3 rings (SSSR count). The average Bonchev–Trinajstić information content (AvgIpc) is 2.96. The van der Waals surface area contributed by atoms with E-state index in [9.17, 15) is 0 Å². The number of hydrogen-bond acceptors (Lipinski definition) is 4. The molecule has 0 unspecified atom stereocenters. The van der Waals surface area contributed by atoms with Crippen LogP contribution in [0.2, 0.25) is 5.02 Å². The summed E-state index contributed by atoms with van der Waals surface area (Å²) in [5, 5.41) is 4.74. The quantitative estimate of drug-likeness (QED) is 0.932. The van der Waals surface area contributed by atoms with Crippen molar-refractivity contribution in [3.63, 3.8) is 0 Å². The molecular formula is C16H20ClN3O. The van der Waals surface area contributed by atoms with Gasteiger partial charge in [-0.2, -0.15) is 4.98 Å². The third-order valence-corrected chi connectivity index (χ3v) is 4.66. The fourth-order valence-electron chi connectivity index (χ4n) is 3.15. The molecule has 0 bridgehead atoms. The van der Waals surface area contributed by atoms with Crippen LogP contribution < -0.4 is 5.73 Å². The second-order valence-electron chi connectivity index (χ2n) is 5.96. The van der Waals surface area contributed by atoms with Gasteiger partial charge in [0.1, 0.15) is 0 Å². The van der Waals surface area contributed by atoms with Gasteiger partial charge in [0.25, 0.3) is 0 Å². The molecule has 1 heterocycles. The highest BCUT2D eigenvalue weighted by molar-refractivity contribution is 6.30. The normalized spacial score (nSPS) is 17.8. The number of rotatable bonds is 4. The van der Waals surface area contributed by atoms with Crippen LogP contribution in [0.25, 0.3) is 11.4 Å². The van der Waals surface area contributed by atoms with Crippen molar-refractivity contribution in [2.75, 3.05) is 6.54 Å². The second-order valence-corrected chi connectivity index (χ2v) is 6.40. The maximum atomic E-state index is 6.02. The number of nitrogens with two attached hydrogens (primary N) is 1. The van der Waals surface area contributed by atoms with Crippen LogP contribution in [0.3, 0.4) is 0 Å². The Bertz CT molecular complexity index is 605. The summed E-state index contributed by atoms with van der Waals surface area (Å²) in [6, 6.07) is 7.49. The van der Waals surface area contributed by atoms with E-state index in [1.54, 1.807) is 0 Å². The van der Waals surface area contributed by atoms with Crippen LogP contribution in [-0.2, 0) is 6.42 Å². The van der Waals surface area contributed by atoms with Crippen LogP contribution in [0.15, 0.2) is 28.8 Å². The van der Waals surface area contributed by atoms with Gasteiger partial charge in [0.2, 0.25) is 11.7 Å². The topological polar surface area (TPSA) is 64.9 Å². The molecule has 0 aliphatic heterocycles. The van der Waals surface area contributed by atoms with E-state index in [-0.39, 0.29) is 5.41 Å². The van der Waals surface area contributed by atoms with Gasteiger partial charge < -0.3 is 10.3 Å². The van der Waals surface area contributed by atoms with E-state index < -0.39 is 0 Å². The third kappa shape index (κ3) is 3.27. The predicted molar refractivity (Wildman–Crippen MR) is 83.0 cm³/mol. The first-order valence-electron chi connectivity index (χ1n) is 7.49. The average molecular weight is 306 g/mol. The van der Waals surface area contributed by atoms with Crippen LogP contribution in [0.4, 0.5) is 0 Å². The van der Waals surface area contributed by atoms with Gasteiger partial charge in [-0.1, -0.05) is 48.2 Å². The van der Waals surface area contributed by atoms with Crippen LogP contribution in [0.1, 0.15) is 38.0 Å². The molecule has 1 aliphatic rings. The number of benzene rings is 1. The van der Waals surface area contributed by atoms with E-state index in [1.807, 2.05) is 24.3 Å². The van der Waals surface area contributed by atoms with Gasteiger partial charge in [-0.3, -0.25) is 0 Å². The summed E-state index contributed by atoms with van der Waals surface area (Å²) in [5.41, 5.74) is 7.03. The van der Waals surface area contributed by atoms with Crippen molar-refractivity contribution in [2.24, 2.45) is 11.1 Å². The lowest BCUT2D eigenvalue weighted by atomic mass is 9.72. The molecule has 5 heteroatoms. The fourth-order valence-corrected chi connectivity index (χ4v) is 3.34. The summed E-state index contributed by atoms with van der Waals surface area (Å²) >= 11 is 6.00. The lowest BCUT2D eigenvalue weighted by Crippen LogP contribution is -2.35. The van der Waals surface area contributed by atoms with E-state index in [0.717, 1.165) is 24.8 Å². The Morgan fingerprint density at radius 3 is 2.76 bits per heavy atom. The Labute approximate surface area is 129 Å². The van der Waals surface area contributed by atoms with Gasteiger partial charge >= 0.3 is 0 Å². The largest absolute Gasteiger partial charge is 0.339 e. The fraction of sp³-hybridized carbons (Fsp3) is 0.500. The molecule has 21 heavy (non-hydrogen) atoms. The maximum Gasteiger partial charge on any atom is 0.227 e. The summed E-state index contributed by atoms with van der Waals surface area (Å²) in [5.74, 6) is 1.27. The number of aromatic nitrogens is 2. The minimum atomic E-state index is 0.135. The van der Waals surface area contributed by atoms with Crippen molar-refractivity contribution >= 4 is 11.6 Å². The Kier molecular flexibility index (Phi) is 4.27. The molecule has 112 valence electrons. The van der Waals surface area contributed by atoms with Crippen molar-refractivity contribution < 1.29 is 4.52 Å². The summed E-state index contributed by atoms with van der Waals surface area (Å²) in [6.07, 6.45) is 6.87. The second kappa shape index (κ2) is 6.16. The van der Waals surface area contributed by atoms with Crippen molar-refractivity contribution in [3.8, 4) is 11.4 Å². The first kappa shape index (κ1) is 14.5. The Morgan fingerprint density at radius 2 is 2.05 bits per heavy atom.